The quantitative estimate of drug-likeness (QED) is 0.635. The highest BCUT2D eigenvalue weighted by Gasteiger charge is 2.46. The number of benzene rings is 2. The molecule has 2 aromatic carbocycles. The number of amides is 1. The molecule has 0 spiro atoms. The molecule has 35 heavy (non-hydrogen) atoms. The van der Waals surface area contributed by atoms with Gasteiger partial charge in [0, 0.05) is 30.8 Å². The van der Waals surface area contributed by atoms with Crippen molar-refractivity contribution in [2.75, 3.05) is 24.2 Å². The minimum Gasteiger partial charge on any atom is -0.484 e. The number of ether oxygens (including phenoxy) is 2. The van der Waals surface area contributed by atoms with Crippen LogP contribution in [0.3, 0.4) is 0 Å². The standard InChI is InChI=1S/C26H36N2O6S/c1-25(2,3)28(16-15-18-11-9-8-10-12-18)24(30)33-22-20-14-13-19(27(6)35(7,31)32)17-21(20)34-26(4,5)23(22)29/h8-14,17,22-23,29H,15-16H2,1-7H3/t22-,23+/m0/s1. The van der Waals surface area contributed by atoms with Crippen molar-refractivity contribution in [2.24, 2.45) is 0 Å². The second kappa shape index (κ2) is 9.70. The summed E-state index contributed by atoms with van der Waals surface area (Å²) >= 11 is 0. The second-order valence-corrected chi connectivity index (χ2v) is 12.5. The first-order chi connectivity index (χ1) is 16.1. The summed E-state index contributed by atoms with van der Waals surface area (Å²) in [6, 6.07) is 14.7. The maximum absolute atomic E-state index is 13.4. The van der Waals surface area contributed by atoms with Gasteiger partial charge in [0.2, 0.25) is 10.0 Å². The molecule has 0 bridgehead atoms. The number of nitrogens with zero attached hydrogens (tertiary/aromatic N) is 2. The van der Waals surface area contributed by atoms with E-state index in [9.17, 15) is 18.3 Å². The van der Waals surface area contributed by atoms with Gasteiger partial charge in [-0.05, 0) is 58.7 Å². The van der Waals surface area contributed by atoms with E-state index in [1.807, 2.05) is 51.1 Å². The van der Waals surface area contributed by atoms with Crippen molar-refractivity contribution in [1.29, 1.82) is 0 Å². The van der Waals surface area contributed by atoms with E-state index in [0.29, 0.717) is 30.0 Å². The van der Waals surface area contributed by atoms with E-state index >= 15 is 0 Å². The van der Waals surface area contributed by atoms with Gasteiger partial charge in [0.05, 0.1) is 11.9 Å². The summed E-state index contributed by atoms with van der Waals surface area (Å²) in [5.41, 5.74) is 0.407. The Morgan fingerprint density at radius 2 is 1.77 bits per heavy atom. The Labute approximate surface area is 208 Å². The molecular weight excluding hydrogens is 468 g/mol. The Balaban J connectivity index is 1.90. The molecule has 0 radical (unpaired) electrons. The van der Waals surface area contributed by atoms with Gasteiger partial charge in [-0.25, -0.2) is 13.2 Å². The SMILES string of the molecule is CN(c1ccc2c(c1)OC(C)(C)[C@H](O)[C@H]2OC(=O)N(CCc1ccccc1)C(C)(C)C)S(C)(=O)=O. The molecule has 0 aromatic heterocycles. The molecule has 1 heterocycles. The van der Waals surface area contributed by atoms with Crippen LogP contribution in [0.5, 0.6) is 5.75 Å². The van der Waals surface area contributed by atoms with E-state index in [2.05, 4.69) is 0 Å². The maximum atomic E-state index is 13.4. The van der Waals surface area contributed by atoms with Crippen LogP contribution in [0.15, 0.2) is 48.5 Å². The number of carbonyl (C=O) groups is 1. The van der Waals surface area contributed by atoms with Crippen LogP contribution in [-0.2, 0) is 21.2 Å². The number of hydrogen-bond donors (Lipinski definition) is 1. The minimum atomic E-state index is -3.47. The summed E-state index contributed by atoms with van der Waals surface area (Å²) in [7, 11) is -2.03. The summed E-state index contributed by atoms with van der Waals surface area (Å²) < 4.78 is 37.1. The van der Waals surface area contributed by atoms with Crippen LogP contribution < -0.4 is 9.04 Å². The van der Waals surface area contributed by atoms with Crippen LogP contribution in [0, 0.1) is 0 Å². The molecule has 9 heteroatoms. The van der Waals surface area contributed by atoms with Gasteiger partial charge in [-0.15, -0.1) is 0 Å². The van der Waals surface area contributed by atoms with Crippen LogP contribution >= 0.6 is 0 Å². The highest BCUT2D eigenvalue weighted by molar-refractivity contribution is 7.92. The third kappa shape index (κ3) is 6.08. The summed E-state index contributed by atoms with van der Waals surface area (Å²) in [5, 5.41) is 11.1. The molecule has 1 amide bonds. The number of fused-ring (bicyclic) bond motifs is 1. The van der Waals surface area contributed by atoms with Crippen molar-refractivity contribution in [2.45, 2.75) is 64.4 Å². The molecule has 0 fully saturated rings. The molecule has 1 N–H and O–H groups in total. The van der Waals surface area contributed by atoms with Crippen molar-refractivity contribution >= 4 is 21.8 Å². The second-order valence-electron chi connectivity index (χ2n) is 10.5. The average molecular weight is 505 g/mol. The summed E-state index contributed by atoms with van der Waals surface area (Å²) in [4.78, 5) is 15.1. The van der Waals surface area contributed by atoms with Crippen molar-refractivity contribution in [3.63, 3.8) is 0 Å². The topological polar surface area (TPSA) is 96.4 Å². The van der Waals surface area contributed by atoms with Gasteiger partial charge in [-0.3, -0.25) is 4.31 Å². The lowest BCUT2D eigenvalue weighted by molar-refractivity contribution is -0.119. The zero-order valence-electron chi connectivity index (χ0n) is 21.5. The fourth-order valence-electron chi connectivity index (χ4n) is 4.00. The predicted octanol–water partition coefficient (Wildman–Crippen LogP) is 4.14. The first kappa shape index (κ1) is 26.8. The molecule has 0 saturated heterocycles. The largest absolute Gasteiger partial charge is 0.484 e. The van der Waals surface area contributed by atoms with Crippen molar-refractivity contribution in [3.8, 4) is 5.75 Å². The highest BCUT2D eigenvalue weighted by Crippen LogP contribution is 2.44. The van der Waals surface area contributed by atoms with E-state index in [0.717, 1.165) is 16.1 Å². The number of aliphatic hydroxyl groups is 1. The summed E-state index contributed by atoms with van der Waals surface area (Å²) in [6.45, 7) is 9.65. The molecular formula is C26H36N2O6S. The predicted molar refractivity (Wildman–Crippen MR) is 136 cm³/mol. The van der Waals surface area contributed by atoms with E-state index < -0.39 is 39.5 Å². The molecule has 8 nitrogen and oxygen atoms in total. The Morgan fingerprint density at radius 3 is 2.34 bits per heavy atom. The normalized spacial score (nSPS) is 19.3. The average Bonchev–Trinajstić information content (AvgIpc) is 2.75. The van der Waals surface area contributed by atoms with Gasteiger partial charge < -0.3 is 19.5 Å². The number of carbonyl (C=O) groups excluding carboxylic acids is 1. The third-order valence-electron chi connectivity index (χ3n) is 6.26. The lowest BCUT2D eigenvalue weighted by atomic mass is 9.88. The van der Waals surface area contributed by atoms with Crippen molar-refractivity contribution in [3.05, 3.63) is 59.7 Å². The van der Waals surface area contributed by atoms with Crippen molar-refractivity contribution < 1.29 is 27.8 Å². The van der Waals surface area contributed by atoms with Gasteiger partial charge in [0.1, 0.15) is 17.5 Å². The van der Waals surface area contributed by atoms with Gasteiger partial charge in [0.25, 0.3) is 0 Å². The molecule has 0 aliphatic carbocycles. The fourth-order valence-corrected chi connectivity index (χ4v) is 4.50. The van der Waals surface area contributed by atoms with Gasteiger partial charge in [0.15, 0.2) is 6.10 Å². The van der Waals surface area contributed by atoms with Gasteiger partial charge >= 0.3 is 6.09 Å². The molecule has 1 aliphatic rings. The highest BCUT2D eigenvalue weighted by atomic mass is 32.2. The number of hydrogen-bond acceptors (Lipinski definition) is 6. The fraction of sp³-hybridized carbons (Fsp3) is 0.500. The summed E-state index contributed by atoms with van der Waals surface area (Å²) in [5.74, 6) is 0.359. The van der Waals surface area contributed by atoms with Crippen molar-refractivity contribution in [1.82, 2.24) is 4.90 Å². The molecule has 0 unspecified atom stereocenters. The monoisotopic (exact) mass is 504 g/mol. The van der Waals surface area contributed by atoms with Gasteiger partial charge in [-0.1, -0.05) is 30.3 Å². The molecule has 1 aliphatic heterocycles. The van der Waals surface area contributed by atoms with Crippen LogP contribution in [-0.4, -0.2) is 61.6 Å². The van der Waals surface area contributed by atoms with E-state index in [1.165, 1.54) is 7.05 Å². The van der Waals surface area contributed by atoms with E-state index in [-0.39, 0.29) is 0 Å². The lowest BCUT2D eigenvalue weighted by Gasteiger charge is -2.43. The molecule has 3 rings (SSSR count). The van der Waals surface area contributed by atoms with E-state index in [1.54, 1.807) is 36.9 Å². The zero-order chi connectivity index (χ0) is 26.2. The Kier molecular flexibility index (Phi) is 7.43. The number of anilines is 1. The summed E-state index contributed by atoms with van der Waals surface area (Å²) in [6.07, 6.45) is -0.887. The smallest absolute Gasteiger partial charge is 0.410 e. The number of sulfonamides is 1. The maximum Gasteiger partial charge on any atom is 0.410 e. The number of aliphatic hydroxyl groups excluding tert-OH is 1. The van der Waals surface area contributed by atoms with Crippen LogP contribution in [0.4, 0.5) is 10.5 Å². The lowest BCUT2D eigenvalue weighted by Crippen LogP contribution is -2.52. The minimum absolute atomic E-state index is 0.359. The Bertz CT molecular complexity index is 1160. The number of rotatable bonds is 6. The Hall–Kier alpha value is -2.78. The third-order valence-corrected chi connectivity index (χ3v) is 7.47. The van der Waals surface area contributed by atoms with Gasteiger partial charge in [-0.2, -0.15) is 0 Å². The van der Waals surface area contributed by atoms with Crippen LogP contribution in [0.2, 0.25) is 0 Å². The van der Waals surface area contributed by atoms with Crippen LogP contribution in [0.25, 0.3) is 0 Å². The Morgan fingerprint density at radius 1 is 1.14 bits per heavy atom. The molecule has 2 aromatic rings. The zero-order valence-corrected chi connectivity index (χ0v) is 22.3. The molecule has 0 saturated carbocycles. The van der Waals surface area contributed by atoms with E-state index in [4.69, 9.17) is 9.47 Å². The molecule has 2 atom stereocenters. The molecule has 192 valence electrons. The van der Waals surface area contributed by atoms with Crippen LogP contribution in [0.1, 0.15) is 51.8 Å². The first-order valence-corrected chi connectivity index (χ1v) is 13.4. The first-order valence-electron chi connectivity index (χ1n) is 11.6.